The maximum absolute atomic E-state index is 11.3. The molecule has 0 saturated carbocycles. The van der Waals surface area contributed by atoms with Crippen LogP contribution in [0.3, 0.4) is 0 Å². The van der Waals surface area contributed by atoms with E-state index in [9.17, 15) is 9.90 Å². The number of aliphatic carboxylic acids is 1. The molecule has 2 heterocycles. The Morgan fingerprint density at radius 2 is 1.83 bits per heavy atom. The zero-order valence-corrected chi connectivity index (χ0v) is 12.7. The van der Waals surface area contributed by atoms with Crippen molar-refractivity contribution in [1.29, 1.82) is 0 Å². The van der Waals surface area contributed by atoms with Crippen LogP contribution in [0, 0.1) is 0 Å². The summed E-state index contributed by atoms with van der Waals surface area (Å²) in [5.74, 6) is 0.845. The second-order valence-electron chi connectivity index (χ2n) is 5.52. The summed E-state index contributed by atoms with van der Waals surface area (Å²) in [5, 5.41) is 9.27. The van der Waals surface area contributed by atoms with Gasteiger partial charge in [0.1, 0.15) is 25.6 Å². The molecule has 0 amide bonds. The molecule has 0 atom stereocenters. The van der Waals surface area contributed by atoms with Crippen molar-refractivity contribution in [3.05, 3.63) is 36.4 Å². The topological polar surface area (TPSA) is 99.6 Å². The van der Waals surface area contributed by atoms with E-state index in [1.54, 1.807) is 28.8 Å². The van der Waals surface area contributed by atoms with Crippen LogP contribution in [-0.2, 0) is 11.3 Å². The van der Waals surface area contributed by atoms with Crippen molar-refractivity contribution in [3.8, 4) is 22.9 Å². The number of aromatic nitrogens is 2. The molecule has 0 spiro atoms. The summed E-state index contributed by atoms with van der Waals surface area (Å²) >= 11 is 0. The number of anilines is 1. The fourth-order valence-electron chi connectivity index (χ4n) is 2.81. The minimum Gasteiger partial charge on any atom is -0.486 e. The number of imidazole rings is 1. The van der Waals surface area contributed by atoms with Gasteiger partial charge in [0.2, 0.25) is 0 Å². The van der Waals surface area contributed by atoms with E-state index in [4.69, 9.17) is 15.2 Å². The van der Waals surface area contributed by atoms with Gasteiger partial charge in [-0.25, -0.2) is 4.98 Å². The van der Waals surface area contributed by atoms with Gasteiger partial charge in [-0.3, -0.25) is 4.79 Å². The average molecular weight is 325 g/mol. The van der Waals surface area contributed by atoms with E-state index in [0.29, 0.717) is 47.3 Å². The SMILES string of the molecule is Nc1ccc(-c2nc3cc4c(cc3n2CC(=O)O)OCCO4)cc1. The third kappa shape index (κ3) is 2.40. The maximum atomic E-state index is 11.3. The smallest absolute Gasteiger partial charge is 0.323 e. The molecule has 3 N–H and O–H groups in total. The van der Waals surface area contributed by atoms with Crippen LogP contribution in [-0.4, -0.2) is 33.8 Å². The highest BCUT2D eigenvalue weighted by Crippen LogP contribution is 2.36. The number of nitrogens with zero attached hydrogens (tertiary/aromatic N) is 2. The standard InChI is InChI=1S/C17H15N3O4/c18-11-3-1-10(2-4-11)17-19-12-7-14-15(24-6-5-23-14)8-13(12)20(17)9-16(21)22/h1-4,7-8H,5-6,9,18H2,(H,21,22). The van der Waals surface area contributed by atoms with E-state index in [-0.39, 0.29) is 6.54 Å². The van der Waals surface area contributed by atoms with Crippen molar-refractivity contribution in [2.45, 2.75) is 6.54 Å². The number of hydrogen-bond acceptors (Lipinski definition) is 5. The van der Waals surface area contributed by atoms with Crippen LogP contribution >= 0.6 is 0 Å². The minimum absolute atomic E-state index is 0.199. The zero-order valence-electron chi connectivity index (χ0n) is 12.7. The Hall–Kier alpha value is -3.22. The molecular weight excluding hydrogens is 310 g/mol. The predicted octanol–water partition coefficient (Wildman–Crippen LogP) is 2.14. The van der Waals surface area contributed by atoms with E-state index < -0.39 is 5.97 Å². The summed E-state index contributed by atoms with van der Waals surface area (Å²) in [6.07, 6.45) is 0. The molecule has 0 aliphatic carbocycles. The van der Waals surface area contributed by atoms with Gasteiger partial charge in [0.25, 0.3) is 0 Å². The van der Waals surface area contributed by atoms with Gasteiger partial charge in [0.05, 0.1) is 11.0 Å². The number of carboxylic acids is 1. The summed E-state index contributed by atoms with van der Waals surface area (Å²) in [6, 6.07) is 10.7. The molecule has 1 aliphatic heterocycles. The van der Waals surface area contributed by atoms with Gasteiger partial charge in [-0.15, -0.1) is 0 Å². The molecular formula is C17H15N3O4. The molecule has 3 aromatic rings. The highest BCUT2D eigenvalue weighted by atomic mass is 16.6. The van der Waals surface area contributed by atoms with Crippen LogP contribution < -0.4 is 15.2 Å². The second-order valence-corrected chi connectivity index (χ2v) is 5.52. The lowest BCUT2D eigenvalue weighted by Crippen LogP contribution is -2.15. The molecule has 7 nitrogen and oxygen atoms in total. The monoisotopic (exact) mass is 325 g/mol. The van der Waals surface area contributed by atoms with Crippen molar-refractivity contribution < 1.29 is 19.4 Å². The van der Waals surface area contributed by atoms with Gasteiger partial charge in [0.15, 0.2) is 11.5 Å². The molecule has 0 saturated heterocycles. The Bertz CT molecular complexity index is 931. The molecule has 0 fully saturated rings. The van der Waals surface area contributed by atoms with Crippen LogP contribution in [0.2, 0.25) is 0 Å². The number of nitrogens with two attached hydrogens (primary N) is 1. The van der Waals surface area contributed by atoms with E-state index in [1.165, 1.54) is 0 Å². The van der Waals surface area contributed by atoms with E-state index in [1.807, 2.05) is 12.1 Å². The number of rotatable bonds is 3. The first-order chi connectivity index (χ1) is 11.6. The molecule has 2 aromatic carbocycles. The Kier molecular flexibility index (Phi) is 3.26. The van der Waals surface area contributed by atoms with Crippen molar-refractivity contribution in [2.24, 2.45) is 0 Å². The number of ether oxygens (including phenoxy) is 2. The summed E-state index contributed by atoms with van der Waals surface area (Å²) in [6.45, 7) is 0.755. The molecule has 7 heteroatoms. The Morgan fingerprint density at radius 3 is 2.50 bits per heavy atom. The molecule has 122 valence electrons. The first-order valence-corrected chi connectivity index (χ1v) is 7.49. The minimum atomic E-state index is -0.944. The van der Waals surface area contributed by atoms with Crippen LogP contribution in [0.5, 0.6) is 11.5 Å². The third-order valence-electron chi connectivity index (χ3n) is 3.87. The highest BCUT2D eigenvalue weighted by Gasteiger charge is 2.20. The van der Waals surface area contributed by atoms with Crippen LogP contribution in [0.15, 0.2) is 36.4 Å². The van der Waals surface area contributed by atoms with Gasteiger partial charge >= 0.3 is 5.97 Å². The maximum Gasteiger partial charge on any atom is 0.323 e. The number of fused-ring (bicyclic) bond motifs is 2. The van der Waals surface area contributed by atoms with E-state index in [0.717, 1.165) is 5.56 Å². The predicted molar refractivity (Wildman–Crippen MR) is 88.2 cm³/mol. The first-order valence-electron chi connectivity index (χ1n) is 7.49. The van der Waals surface area contributed by atoms with Gasteiger partial charge in [-0.05, 0) is 24.3 Å². The quantitative estimate of drug-likeness (QED) is 0.716. The molecule has 1 aromatic heterocycles. The van der Waals surface area contributed by atoms with Gasteiger partial charge in [-0.1, -0.05) is 0 Å². The molecule has 24 heavy (non-hydrogen) atoms. The lowest BCUT2D eigenvalue weighted by atomic mass is 10.2. The average Bonchev–Trinajstić information content (AvgIpc) is 2.90. The van der Waals surface area contributed by atoms with Gasteiger partial charge < -0.3 is 24.9 Å². The van der Waals surface area contributed by atoms with Gasteiger partial charge in [0, 0.05) is 23.4 Å². The van der Waals surface area contributed by atoms with E-state index in [2.05, 4.69) is 4.98 Å². The summed E-state index contributed by atoms with van der Waals surface area (Å²) in [7, 11) is 0. The first kappa shape index (κ1) is 14.4. The highest BCUT2D eigenvalue weighted by molar-refractivity contribution is 5.86. The van der Waals surface area contributed by atoms with Crippen LogP contribution in [0.1, 0.15) is 0 Å². The summed E-state index contributed by atoms with van der Waals surface area (Å²) in [5.41, 5.74) is 8.50. The molecule has 0 radical (unpaired) electrons. The van der Waals surface area contributed by atoms with Crippen molar-refractivity contribution in [1.82, 2.24) is 9.55 Å². The summed E-state index contributed by atoms with van der Waals surface area (Å²) in [4.78, 5) is 15.9. The molecule has 0 bridgehead atoms. The number of carbonyl (C=O) groups is 1. The largest absolute Gasteiger partial charge is 0.486 e. The number of hydrogen-bond donors (Lipinski definition) is 2. The van der Waals surface area contributed by atoms with Crippen LogP contribution in [0.4, 0.5) is 5.69 Å². The second kappa shape index (κ2) is 5.45. The Balaban J connectivity index is 1.94. The zero-order chi connectivity index (χ0) is 16.7. The normalized spacial score (nSPS) is 13.2. The molecule has 4 rings (SSSR count). The fraction of sp³-hybridized carbons (Fsp3) is 0.176. The van der Waals surface area contributed by atoms with Crippen molar-refractivity contribution in [2.75, 3.05) is 18.9 Å². The van der Waals surface area contributed by atoms with Crippen molar-refractivity contribution in [3.63, 3.8) is 0 Å². The lowest BCUT2D eigenvalue weighted by Gasteiger charge is -2.18. The Labute approximate surface area is 137 Å². The molecule has 0 unspecified atom stereocenters. The number of carboxylic acid groups (broad SMARTS) is 1. The van der Waals surface area contributed by atoms with E-state index >= 15 is 0 Å². The summed E-state index contributed by atoms with van der Waals surface area (Å²) < 4.78 is 12.8. The van der Waals surface area contributed by atoms with Crippen molar-refractivity contribution >= 4 is 22.7 Å². The number of benzene rings is 2. The number of nitrogen functional groups attached to an aromatic ring is 1. The van der Waals surface area contributed by atoms with Gasteiger partial charge in [-0.2, -0.15) is 0 Å². The lowest BCUT2D eigenvalue weighted by molar-refractivity contribution is -0.137. The fourth-order valence-corrected chi connectivity index (χ4v) is 2.81. The van der Waals surface area contributed by atoms with Crippen LogP contribution in [0.25, 0.3) is 22.4 Å². The molecule has 1 aliphatic rings. The Morgan fingerprint density at radius 1 is 1.17 bits per heavy atom. The third-order valence-corrected chi connectivity index (χ3v) is 3.87.